The third-order valence-electron chi connectivity index (χ3n) is 6.37. The highest BCUT2D eigenvalue weighted by Gasteiger charge is 2.26. The molecule has 0 radical (unpaired) electrons. The Hall–Kier alpha value is -2.38. The topological polar surface area (TPSA) is 88.0 Å². The van der Waals surface area contributed by atoms with Crippen molar-refractivity contribution in [1.29, 1.82) is 0 Å². The molecule has 1 saturated heterocycles. The Kier molecular flexibility index (Phi) is 5.24. The van der Waals surface area contributed by atoms with Crippen LogP contribution >= 0.6 is 0 Å². The van der Waals surface area contributed by atoms with Gasteiger partial charge in [0.05, 0.1) is 6.33 Å². The van der Waals surface area contributed by atoms with Gasteiger partial charge in [-0.25, -0.2) is 4.98 Å². The van der Waals surface area contributed by atoms with E-state index in [-0.39, 0.29) is 5.91 Å². The van der Waals surface area contributed by atoms with Gasteiger partial charge in [-0.3, -0.25) is 4.79 Å². The molecule has 1 aliphatic heterocycles. The van der Waals surface area contributed by atoms with Crippen molar-refractivity contribution in [2.75, 3.05) is 30.3 Å². The van der Waals surface area contributed by atoms with Crippen molar-refractivity contribution in [3.05, 3.63) is 6.33 Å². The number of carbonyl (C=O) groups is 1. The number of anilines is 2. The highest BCUT2D eigenvalue weighted by molar-refractivity contribution is 5.84. The van der Waals surface area contributed by atoms with Gasteiger partial charge in [-0.2, -0.15) is 9.97 Å². The Morgan fingerprint density at radius 3 is 2.69 bits per heavy atom. The van der Waals surface area contributed by atoms with Crippen molar-refractivity contribution in [2.24, 2.45) is 0 Å². The van der Waals surface area contributed by atoms with E-state index in [9.17, 15) is 4.79 Å². The molecule has 0 aromatic carbocycles. The van der Waals surface area contributed by atoms with Crippen LogP contribution in [0.4, 0.5) is 11.8 Å². The molecule has 2 N–H and O–H groups in total. The zero-order valence-corrected chi connectivity index (χ0v) is 17.1. The van der Waals surface area contributed by atoms with Crippen molar-refractivity contribution in [3.63, 3.8) is 0 Å². The molecule has 2 aliphatic carbocycles. The fraction of sp³-hybridized carbons (Fsp3) is 0.714. The van der Waals surface area contributed by atoms with E-state index in [1.807, 2.05) is 11.2 Å². The number of carbonyl (C=O) groups excluding carboxylic acids is 1. The summed E-state index contributed by atoms with van der Waals surface area (Å²) in [6.45, 7) is 2.47. The molecule has 8 nitrogen and oxygen atoms in total. The molecule has 2 saturated carbocycles. The molecular weight excluding hydrogens is 366 g/mol. The largest absolute Gasteiger partial charge is 0.365 e. The minimum Gasteiger partial charge on any atom is -0.365 e. The number of likely N-dealkylation sites (tertiary alicyclic amines) is 1. The highest BCUT2D eigenvalue weighted by Crippen LogP contribution is 2.33. The van der Waals surface area contributed by atoms with Crippen molar-refractivity contribution in [2.45, 2.75) is 76.3 Å². The van der Waals surface area contributed by atoms with E-state index >= 15 is 0 Å². The van der Waals surface area contributed by atoms with Crippen molar-refractivity contribution in [3.8, 4) is 0 Å². The smallest absolute Gasteiger partial charge is 0.226 e. The van der Waals surface area contributed by atoms with Crippen LogP contribution < -0.4 is 10.6 Å². The predicted octanol–water partition coefficient (Wildman–Crippen LogP) is 3.33. The summed E-state index contributed by atoms with van der Waals surface area (Å²) in [6, 6.07) is 1.01. The van der Waals surface area contributed by atoms with Crippen LogP contribution in [0, 0.1) is 0 Å². The van der Waals surface area contributed by atoms with Crippen LogP contribution in [0.25, 0.3) is 11.2 Å². The van der Waals surface area contributed by atoms with Crippen LogP contribution in [-0.2, 0) is 4.79 Å². The third-order valence-corrected chi connectivity index (χ3v) is 6.37. The van der Waals surface area contributed by atoms with Gasteiger partial charge in [0.2, 0.25) is 11.9 Å². The molecule has 3 aliphatic rings. The van der Waals surface area contributed by atoms with E-state index in [0.29, 0.717) is 24.5 Å². The van der Waals surface area contributed by atoms with Gasteiger partial charge in [0.15, 0.2) is 17.0 Å². The summed E-state index contributed by atoms with van der Waals surface area (Å²) in [5.41, 5.74) is 1.82. The Bertz CT molecular complexity index is 869. The summed E-state index contributed by atoms with van der Waals surface area (Å²) in [4.78, 5) is 28.0. The standard InChI is InChI=1S/C21H31N7O/c29-17-8-4-12-27(17)13-5-11-22-21-25-19(24-15-9-10-15)18-20(26-21)28(14-23-18)16-6-2-1-3-7-16/h14-16H,1-13H2,(H2,22,24,25,26). The summed E-state index contributed by atoms with van der Waals surface area (Å²) in [5, 5.41) is 6.92. The molecule has 0 atom stereocenters. The fourth-order valence-electron chi connectivity index (χ4n) is 4.55. The molecule has 3 heterocycles. The number of fused-ring (bicyclic) bond motifs is 1. The van der Waals surface area contributed by atoms with Gasteiger partial charge in [-0.05, 0) is 38.5 Å². The molecule has 156 valence electrons. The van der Waals surface area contributed by atoms with Gasteiger partial charge in [0.25, 0.3) is 0 Å². The molecule has 1 amide bonds. The van der Waals surface area contributed by atoms with Gasteiger partial charge >= 0.3 is 0 Å². The Labute approximate surface area is 171 Å². The maximum absolute atomic E-state index is 11.8. The van der Waals surface area contributed by atoms with Gasteiger partial charge < -0.3 is 20.1 Å². The Balaban J connectivity index is 1.32. The first-order chi connectivity index (χ1) is 14.3. The molecule has 0 unspecified atom stereocenters. The second-order valence-electron chi connectivity index (χ2n) is 8.69. The Morgan fingerprint density at radius 1 is 1.07 bits per heavy atom. The van der Waals surface area contributed by atoms with E-state index in [0.717, 1.165) is 49.5 Å². The molecule has 29 heavy (non-hydrogen) atoms. The van der Waals surface area contributed by atoms with Gasteiger partial charge in [-0.15, -0.1) is 0 Å². The van der Waals surface area contributed by atoms with Crippen LogP contribution in [0.2, 0.25) is 0 Å². The number of nitrogens with zero attached hydrogens (tertiary/aromatic N) is 5. The summed E-state index contributed by atoms with van der Waals surface area (Å²) < 4.78 is 2.27. The summed E-state index contributed by atoms with van der Waals surface area (Å²) in [6.07, 6.45) is 13.2. The minimum absolute atomic E-state index is 0.287. The second kappa shape index (κ2) is 8.16. The van der Waals surface area contributed by atoms with Crippen LogP contribution in [0.1, 0.15) is 70.3 Å². The molecule has 2 aromatic heterocycles. The predicted molar refractivity (Wildman–Crippen MR) is 113 cm³/mol. The van der Waals surface area contributed by atoms with E-state index in [4.69, 9.17) is 9.97 Å². The number of aromatic nitrogens is 4. The molecular formula is C21H31N7O. The van der Waals surface area contributed by atoms with E-state index in [1.165, 1.54) is 44.9 Å². The number of hydrogen-bond donors (Lipinski definition) is 2. The van der Waals surface area contributed by atoms with Crippen LogP contribution in [0.5, 0.6) is 0 Å². The van der Waals surface area contributed by atoms with Crippen LogP contribution in [-0.4, -0.2) is 56.0 Å². The summed E-state index contributed by atoms with van der Waals surface area (Å²) >= 11 is 0. The van der Waals surface area contributed by atoms with Crippen molar-refractivity contribution >= 4 is 28.8 Å². The summed E-state index contributed by atoms with van der Waals surface area (Å²) in [7, 11) is 0. The van der Waals surface area contributed by atoms with E-state index < -0.39 is 0 Å². The molecule has 5 rings (SSSR count). The number of amides is 1. The fourth-order valence-corrected chi connectivity index (χ4v) is 4.55. The lowest BCUT2D eigenvalue weighted by molar-refractivity contribution is -0.127. The third kappa shape index (κ3) is 4.16. The van der Waals surface area contributed by atoms with Gasteiger partial charge in [-0.1, -0.05) is 19.3 Å². The number of hydrogen-bond acceptors (Lipinski definition) is 6. The van der Waals surface area contributed by atoms with Crippen molar-refractivity contribution in [1.82, 2.24) is 24.4 Å². The van der Waals surface area contributed by atoms with Gasteiger partial charge in [0.1, 0.15) is 0 Å². The zero-order chi connectivity index (χ0) is 19.6. The maximum Gasteiger partial charge on any atom is 0.226 e. The lowest BCUT2D eigenvalue weighted by Crippen LogP contribution is -2.27. The normalized spacial score (nSPS) is 20.6. The highest BCUT2D eigenvalue weighted by atomic mass is 16.2. The molecule has 0 spiro atoms. The quantitative estimate of drug-likeness (QED) is 0.664. The average molecular weight is 398 g/mol. The van der Waals surface area contributed by atoms with Gasteiger partial charge in [0, 0.05) is 38.1 Å². The van der Waals surface area contributed by atoms with E-state index in [2.05, 4.69) is 20.2 Å². The van der Waals surface area contributed by atoms with Crippen LogP contribution in [0.3, 0.4) is 0 Å². The Morgan fingerprint density at radius 2 is 1.93 bits per heavy atom. The minimum atomic E-state index is 0.287. The second-order valence-corrected chi connectivity index (χ2v) is 8.69. The molecule has 8 heteroatoms. The zero-order valence-electron chi connectivity index (χ0n) is 17.1. The molecule has 0 bridgehead atoms. The number of nitrogens with one attached hydrogen (secondary N) is 2. The number of rotatable bonds is 8. The monoisotopic (exact) mass is 397 g/mol. The first-order valence-corrected chi connectivity index (χ1v) is 11.3. The van der Waals surface area contributed by atoms with Crippen molar-refractivity contribution < 1.29 is 4.79 Å². The lowest BCUT2D eigenvalue weighted by atomic mass is 9.95. The first-order valence-electron chi connectivity index (χ1n) is 11.3. The molecule has 2 aromatic rings. The van der Waals surface area contributed by atoms with E-state index in [1.54, 1.807) is 0 Å². The maximum atomic E-state index is 11.8. The molecule has 3 fully saturated rings. The summed E-state index contributed by atoms with van der Waals surface area (Å²) in [5.74, 6) is 1.80. The van der Waals surface area contributed by atoms with Crippen LogP contribution in [0.15, 0.2) is 6.33 Å². The lowest BCUT2D eigenvalue weighted by Gasteiger charge is -2.23. The number of imidazole rings is 1. The average Bonchev–Trinajstić information content (AvgIpc) is 3.30. The SMILES string of the molecule is O=C1CCCN1CCCNc1nc(NC2CC2)c2ncn(C3CCCCC3)c2n1. The first kappa shape index (κ1) is 18.6.